The first kappa shape index (κ1) is 25.5. The molecule has 0 saturated heterocycles. The van der Waals surface area contributed by atoms with Gasteiger partial charge in [0.2, 0.25) is 0 Å². The molecule has 0 saturated carbocycles. The highest BCUT2D eigenvalue weighted by Crippen LogP contribution is 2.45. The molecule has 2 aromatic carbocycles. The molecule has 0 N–H and O–H groups in total. The predicted molar refractivity (Wildman–Crippen MR) is 121 cm³/mol. The van der Waals surface area contributed by atoms with Gasteiger partial charge < -0.3 is 28.4 Å². The molecule has 32 heavy (non-hydrogen) atoms. The Morgan fingerprint density at radius 2 is 0.875 bits per heavy atom. The fourth-order valence-corrected chi connectivity index (χ4v) is 4.28. The largest absolute Gasteiger partial charge is 0.492 e. The Hall–Kier alpha value is -2.79. The lowest BCUT2D eigenvalue weighted by molar-refractivity contribution is 0.0587. The minimum Gasteiger partial charge on any atom is -0.492 e. The summed E-state index contributed by atoms with van der Waals surface area (Å²) in [5.74, 6) is -1.63. The van der Waals surface area contributed by atoms with Crippen molar-refractivity contribution in [1.82, 2.24) is 0 Å². The minimum absolute atomic E-state index is 0.0248. The van der Waals surface area contributed by atoms with E-state index >= 15 is 0 Å². The summed E-state index contributed by atoms with van der Waals surface area (Å²) >= 11 is 6.69. The molecule has 0 atom stereocenters. The van der Waals surface area contributed by atoms with Crippen molar-refractivity contribution in [3.63, 3.8) is 0 Å². The third-order valence-corrected chi connectivity index (χ3v) is 6.04. The highest BCUT2D eigenvalue weighted by atomic mass is 79.9. The normalized spacial score (nSPS) is 10.2. The molecule has 0 aliphatic heterocycles. The van der Waals surface area contributed by atoms with Crippen LogP contribution in [0.5, 0.6) is 23.0 Å². The summed E-state index contributed by atoms with van der Waals surface area (Å²) in [6, 6.07) is 2.61. The number of ketones is 1. The van der Waals surface area contributed by atoms with E-state index < -0.39 is 17.7 Å². The molecule has 172 valence electrons. The SMILES string of the molecule is COC(=O)c1cc(C(=O)c2cc(C(=O)OC)c(OC)c(OC)c2Br)c(Br)c(OC)c1OC. The van der Waals surface area contributed by atoms with E-state index in [0.717, 1.165) is 0 Å². The molecule has 0 unspecified atom stereocenters. The summed E-state index contributed by atoms with van der Waals surface area (Å²) in [4.78, 5) is 38.2. The van der Waals surface area contributed by atoms with E-state index in [-0.39, 0.29) is 54.2 Å². The Labute approximate surface area is 201 Å². The van der Waals surface area contributed by atoms with Gasteiger partial charge in [0.1, 0.15) is 11.1 Å². The lowest BCUT2D eigenvalue weighted by Gasteiger charge is -2.18. The summed E-state index contributed by atoms with van der Waals surface area (Å²) in [6.45, 7) is 0. The number of hydrogen-bond donors (Lipinski definition) is 0. The van der Waals surface area contributed by atoms with Crippen molar-refractivity contribution in [1.29, 1.82) is 0 Å². The first-order chi connectivity index (χ1) is 15.2. The Kier molecular flexibility index (Phi) is 8.51. The highest BCUT2D eigenvalue weighted by Gasteiger charge is 2.30. The molecule has 0 radical (unpaired) electrons. The average Bonchev–Trinajstić information content (AvgIpc) is 2.81. The molecule has 2 aromatic rings. The summed E-state index contributed by atoms with van der Waals surface area (Å²) in [6.07, 6.45) is 0. The number of ether oxygens (including phenoxy) is 6. The van der Waals surface area contributed by atoms with E-state index in [1.54, 1.807) is 0 Å². The fraction of sp³-hybridized carbons (Fsp3) is 0.286. The van der Waals surface area contributed by atoms with Crippen LogP contribution in [0.2, 0.25) is 0 Å². The van der Waals surface area contributed by atoms with E-state index in [2.05, 4.69) is 31.9 Å². The van der Waals surface area contributed by atoms with Gasteiger partial charge in [-0.15, -0.1) is 0 Å². The van der Waals surface area contributed by atoms with Crippen molar-refractivity contribution in [2.45, 2.75) is 0 Å². The topological polar surface area (TPSA) is 107 Å². The zero-order valence-electron chi connectivity index (χ0n) is 18.1. The number of methoxy groups -OCH3 is 6. The fourth-order valence-electron chi connectivity index (χ4n) is 3.00. The lowest BCUT2D eigenvalue weighted by Crippen LogP contribution is -2.13. The van der Waals surface area contributed by atoms with Crippen LogP contribution in [0.1, 0.15) is 36.6 Å². The summed E-state index contributed by atoms with van der Waals surface area (Å²) in [7, 11) is 7.83. The van der Waals surface area contributed by atoms with Gasteiger partial charge in [-0.2, -0.15) is 0 Å². The Morgan fingerprint density at radius 1 is 0.562 bits per heavy atom. The van der Waals surface area contributed by atoms with Crippen LogP contribution < -0.4 is 18.9 Å². The number of benzene rings is 2. The average molecular weight is 576 g/mol. The number of rotatable bonds is 8. The number of halogens is 2. The van der Waals surface area contributed by atoms with Crippen LogP contribution in [0.3, 0.4) is 0 Å². The second kappa shape index (κ2) is 10.7. The summed E-state index contributed by atoms with van der Waals surface area (Å²) in [5.41, 5.74) is 0.0463. The maximum atomic E-state index is 13.6. The van der Waals surface area contributed by atoms with Gasteiger partial charge in [0.05, 0.1) is 51.6 Å². The van der Waals surface area contributed by atoms with Gasteiger partial charge in [0.25, 0.3) is 0 Å². The molecule has 9 nitrogen and oxygen atoms in total. The Balaban J connectivity index is 2.88. The lowest BCUT2D eigenvalue weighted by atomic mass is 9.97. The van der Waals surface area contributed by atoms with Crippen LogP contribution in [0.15, 0.2) is 21.1 Å². The standard InChI is InChI=1S/C21H20Br2O9/c1-27-16-11(20(25)31-5)7-9(13(22)18(16)29-3)15(24)10-8-12(21(26)32-6)17(28-2)19(30-4)14(10)23/h7-8H,1-6H3. The predicted octanol–water partition coefficient (Wildman–Crippen LogP) is 4.05. The highest BCUT2D eigenvalue weighted by molar-refractivity contribution is 9.11. The maximum Gasteiger partial charge on any atom is 0.341 e. The van der Waals surface area contributed by atoms with E-state index in [1.807, 2.05) is 0 Å². The van der Waals surface area contributed by atoms with Crippen molar-refractivity contribution in [2.75, 3.05) is 42.7 Å². The Morgan fingerprint density at radius 3 is 1.12 bits per heavy atom. The van der Waals surface area contributed by atoms with Gasteiger partial charge >= 0.3 is 11.9 Å². The van der Waals surface area contributed by atoms with Crippen molar-refractivity contribution in [3.8, 4) is 23.0 Å². The van der Waals surface area contributed by atoms with E-state index in [9.17, 15) is 14.4 Å². The molecular formula is C21H20Br2O9. The maximum absolute atomic E-state index is 13.6. The Bertz CT molecular complexity index is 996. The van der Waals surface area contributed by atoms with Gasteiger partial charge in [-0.1, -0.05) is 0 Å². The zero-order chi connectivity index (χ0) is 24.2. The van der Waals surface area contributed by atoms with Crippen LogP contribution in [0, 0.1) is 0 Å². The van der Waals surface area contributed by atoms with Gasteiger partial charge in [0, 0.05) is 11.1 Å². The van der Waals surface area contributed by atoms with Crippen LogP contribution in [-0.4, -0.2) is 60.4 Å². The molecule has 0 amide bonds. The van der Waals surface area contributed by atoms with E-state index in [1.165, 1.54) is 54.8 Å². The van der Waals surface area contributed by atoms with Crippen LogP contribution >= 0.6 is 31.9 Å². The molecule has 11 heteroatoms. The third-order valence-electron chi connectivity index (χ3n) is 4.47. The smallest absolute Gasteiger partial charge is 0.341 e. The number of carbonyl (C=O) groups is 3. The third kappa shape index (κ3) is 4.40. The van der Waals surface area contributed by atoms with Crippen molar-refractivity contribution < 1.29 is 42.8 Å². The van der Waals surface area contributed by atoms with Gasteiger partial charge in [-0.3, -0.25) is 4.79 Å². The molecule has 0 fully saturated rings. The minimum atomic E-state index is -0.733. The molecule has 0 heterocycles. The zero-order valence-corrected chi connectivity index (χ0v) is 21.3. The van der Waals surface area contributed by atoms with Crippen molar-refractivity contribution in [2.24, 2.45) is 0 Å². The van der Waals surface area contributed by atoms with Gasteiger partial charge in [-0.25, -0.2) is 9.59 Å². The molecule has 0 bridgehead atoms. The molecule has 2 rings (SSSR count). The number of carbonyl (C=O) groups excluding carboxylic acids is 3. The number of esters is 2. The van der Waals surface area contributed by atoms with Crippen LogP contribution in [0.4, 0.5) is 0 Å². The van der Waals surface area contributed by atoms with Gasteiger partial charge in [-0.05, 0) is 44.0 Å². The van der Waals surface area contributed by atoms with Gasteiger partial charge in [0.15, 0.2) is 28.8 Å². The summed E-state index contributed by atoms with van der Waals surface area (Å²) in [5, 5.41) is 0. The summed E-state index contributed by atoms with van der Waals surface area (Å²) < 4.78 is 31.4. The molecule has 0 aliphatic carbocycles. The van der Waals surface area contributed by atoms with E-state index in [4.69, 9.17) is 28.4 Å². The second-order valence-electron chi connectivity index (χ2n) is 6.02. The van der Waals surface area contributed by atoms with Crippen LogP contribution in [-0.2, 0) is 9.47 Å². The second-order valence-corrected chi connectivity index (χ2v) is 7.60. The quantitative estimate of drug-likeness (QED) is 0.340. The first-order valence-corrected chi connectivity index (χ1v) is 10.4. The molecule has 0 aromatic heterocycles. The number of hydrogen-bond acceptors (Lipinski definition) is 9. The van der Waals surface area contributed by atoms with Crippen molar-refractivity contribution in [3.05, 3.63) is 43.3 Å². The van der Waals surface area contributed by atoms with Crippen molar-refractivity contribution >= 4 is 49.6 Å². The molecule has 0 aliphatic rings. The van der Waals surface area contributed by atoms with Crippen LogP contribution in [0.25, 0.3) is 0 Å². The molecular weight excluding hydrogens is 556 g/mol. The molecule has 0 spiro atoms. The monoisotopic (exact) mass is 574 g/mol. The first-order valence-electron chi connectivity index (χ1n) is 8.82. The van der Waals surface area contributed by atoms with E-state index in [0.29, 0.717) is 0 Å².